The number of hydrogen-bond donors (Lipinski definition) is 1. The lowest BCUT2D eigenvalue weighted by Crippen LogP contribution is -2.02. The zero-order valence-corrected chi connectivity index (χ0v) is 7.06. The van der Waals surface area contributed by atoms with Crippen molar-refractivity contribution in [1.82, 2.24) is 5.16 Å². The van der Waals surface area contributed by atoms with Crippen LogP contribution in [0.3, 0.4) is 0 Å². The third-order valence-electron chi connectivity index (χ3n) is 1.75. The molecule has 12 heavy (non-hydrogen) atoms. The molecular formula is C7H7NO3S. The lowest BCUT2D eigenvalue weighted by molar-refractivity contribution is -0.136. The van der Waals surface area contributed by atoms with Crippen LogP contribution < -0.4 is 0 Å². The predicted octanol–water partition coefficient (Wildman–Crippen LogP) is 1.05. The van der Waals surface area contributed by atoms with E-state index in [2.05, 4.69) is 5.16 Å². The van der Waals surface area contributed by atoms with E-state index in [1.54, 1.807) is 11.8 Å². The van der Waals surface area contributed by atoms with Gasteiger partial charge in [-0.05, 0) is 0 Å². The first-order valence-corrected chi connectivity index (χ1v) is 4.68. The average molecular weight is 185 g/mol. The molecule has 2 rings (SSSR count). The highest BCUT2D eigenvalue weighted by Gasteiger charge is 2.22. The van der Waals surface area contributed by atoms with Gasteiger partial charge in [0.2, 0.25) is 0 Å². The second-order valence-electron chi connectivity index (χ2n) is 2.59. The van der Waals surface area contributed by atoms with Crippen LogP contribution in [0, 0.1) is 0 Å². The van der Waals surface area contributed by atoms with Gasteiger partial charge < -0.3 is 9.63 Å². The summed E-state index contributed by atoms with van der Waals surface area (Å²) in [7, 11) is 0. The highest BCUT2D eigenvalue weighted by atomic mass is 32.2. The second kappa shape index (κ2) is 2.82. The number of carboxylic acid groups (broad SMARTS) is 1. The molecule has 0 bridgehead atoms. The normalized spacial score (nSPS) is 14.7. The molecule has 0 atom stereocenters. The number of fused-ring (bicyclic) bond motifs is 1. The van der Waals surface area contributed by atoms with Crippen molar-refractivity contribution < 1.29 is 14.4 Å². The lowest BCUT2D eigenvalue weighted by atomic mass is 10.2. The van der Waals surface area contributed by atoms with Crippen molar-refractivity contribution in [3.63, 3.8) is 0 Å². The fourth-order valence-electron chi connectivity index (χ4n) is 1.19. The Bertz CT molecular complexity index is 320. The summed E-state index contributed by atoms with van der Waals surface area (Å²) in [4.78, 5) is 10.4. The van der Waals surface area contributed by atoms with E-state index in [1.807, 2.05) is 0 Å². The van der Waals surface area contributed by atoms with Gasteiger partial charge in [0.25, 0.3) is 0 Å². The maximum absolute atomic E-state index is 10.4. The summed E-state index contributed by atoms with van der Waals surface area (Å²) in [6.07, 6.45) is -0.0284. The van der Waals surface area contributed by atoms with Crippen LogP contribution in [0.4, 0.5) is 0 Å². The first-order valence-electron chi connectivity index (χ1n) is 3.53. The van der Waals surface area contributed by atoms with Crippen LogP contribution in [0.5, 0.6) is 0 Å². The topological polar surface area (TPSA) is 63.3 Å². The fraction of sp³-hybridized carbons (Fsp3) is 0.429. The third kappa shape index (κ3) is 1.20. The number of thioether (sulfide) groups is 1. The summed E-state index contributed by atoms with van der Waals surface area (Å²) in [6, 6.07) is 0. The lowest BCUT2D eigenvalue weighted by Gasteiger charge is -1.90. The van der Waals surface area contributed by atoms with Gasteiger partial charge >= 0.3 is 5.97 Å². The Balaban J connectivity index is 2.27. The zero-order chi connectivity index (χ0) is 8.55. The van der Waals surface area contributed by atoms with Crippen LogP contribution in [-0.4, -0.2) is 16.2 Å². The van der Waals surface area contributed by atoms with Crippen LogP contribution in [0.15, 0.2) is 4.52 Å². The Labute approximate surface area is 72.9 Å². The van der Waals surface area contributed by atoms with E-state index in [1.165, 1.54) is 0 Å². The van der Waals surface area contributed by atoms with Crippen molar-refractivity contribution in [2.24, 2.45) is 0 Å². The van der Waals surface area contributed by atoms with Gasteiger partial charge in [0.05, 0.1) is 17.9 Å². The molecular weight excluding hydrogens is 178 g/mol. The molecule has 0 unspecified atom stereocenters. The quantitative estimate of drug-likeness (QED) is 0.746. The molecule has 2 heterocycles. The van der Waals surface area contributed by atoms with Crippen molar-refractivity contribution in [3.05, 3.63) is 17.0 Å². The molecule has 1 aliphatic heterocycles. The molecule has 1 aliphatic rings. The largest absolute Gasteiger partial charge is 0.481 e. The van der Waals surface area contributed by atoms with Crippen LogP contribution in [0.2, 0.25) is 0 Å². The molecule has 0 fully saturated rings. The number of aliphatic carboxylic acids is 1. The van der Waals surface area contributed by atoms with E-state index < -0.39 is 5.97 Å². The van der Waals surface area contributed by atoms with Gasteiger partial charge in [-0.2, -0.15) is 0 Å². The summed E-state index contributed by atoms with van der Waals surface area (Å²) in [5.74, 6) is 1.64. The molecule has 1 aromatic rings. The molecule has 0 aliphatic carbocycles. The fourth-order valence-corrected chi connectivity index (χ4v) is 2.23. The van der Waals surface area contributed by atoms with Crippen LogP contribution in [-0.2, 0) is 22.7 Å². The number of aromatic nitrogens is 1. The number of carboxylic acids is 1. The average Bonchev–Trinajstić information content (AvgIpc) is 2.52. The Morgan fingerprint density at radius 3 is 3.25 bits per heavy atom. The van der Waals surface area contributed by atoms with Gasteiger partial charge in [0.1, 0.15) is 0 Å². The highest BCUT2D eigenvalue weighted by Crippen LogP contribution is 2.32. The molecule has 0 amide bonds. The van der Waals surface area contributed by atoms with Gasteiger partial charge in [-0.15, -0.1) is 11.8 Å². The SMILES string of the molecule is O=C(O)Cc1noc2c1CSC2. The standard InChI is InChI=1S/C7H7NO3S/c9-7(10)1-5-4-2-12-3-6(4)11-8-5/h1-3H2,(H,9,10). The summed E-state index contributed by atoms with van der Waals surface area (Å²) < 4.78 is 4.97. The molecule has 0 radical (unpaired) electrons. The van der Waals surface area contributed by atoms with Crippen molar-refractivity contribution in [1.29, 1.82) is 0 Å². The molecule has 0 aromatic carbocycles. The molecule has 0 saturated heterocycles. The van der Waals surface area contributed by atoms with Crippen LogP contribution in [0.1, 0.15) is 17.0 Å². The summed E-state index contributed by atoms with van der Waals surface area (Å²) in [5.41, 5.74) is 1.57. The Kier molecular flexibility index (Phi) is 1.80. The Hall–Kier alpha value is -0.970. The smallest absolute Gasteiger partial charge is 0.309 e. The van der Waals surface area contributed by atoms with E-state index in [9.17, 15) is 4.79 Å². The first kappa shape index (κ1) is 7.67. The summed E-state index contributed by atoms with van der Waals surface area (Å²) >= 11 is 1.72. The van der Waals surface area contributed by atoms with Gasteiger partial charge in [0.15, 0.2) is 5.76 Å². The molecule has 5 heteroatoms. The molecule has 1 N–H and O–H groups in total. The second-order valence-corrected chi connectivity index (χ2v) is 3.58. The summed E-state index contributed by atoms with van der Waals surface area (Å²) in [6.45, 7) is 0. The highest BCUT2D eigenvalue weighted by molar-refractivity contribution is 7.98. The predicted molar refractivity (Wildman–Crippen MR) is 42.8 cm³/mol. The number of carbonyl (C=O) groups is 1. The minimum atomic E-state index is -0.858. The van der Waals surface area contributed by atoms with E-state index in [4.69, 9.17) is 9.63 Å². The molecule has 64 valence electrons. The van der Waals surface area contributed by atoms with Gasteiger partial charge in [-0.25, -0.2) is 0 Å². The first-order chi connectivity index (χ1) is 5.77. The van der Waals surface area contributed by atoms with E-state index in [0.717, 1.165) is 22.8 Å². The molecule has 1 aromatic heterocycles. The molecule has 0 saturated carbocycles. The van der Waals surface area contributed by atoms with E-state index >= 15 is 0 Å². The van der Waals surface area contributed by atoms with Crippen molar-refractivity contribution >= 4 is 17.7 Å². The maximum atomic E-state index is 10.4. The third-order valence-corrected chi connectivity index (χ3v) is 2.71. The van der Waals surface area contributed by atoms with Crippen molar-refractivity contribution in [3.8, 4) is 0 Å². The van der Waals surface area contributed by atoms with Gasteiger partial charge in [-0.1, -0.05) is 5.16 Å². The van der Waals surface area contributed by atoms with Gasteiger partial charge in [0, 0.05) is 11.3 Å². The minimum Gasteiger partial charge on any atom is -0.481 e. The summed E-state index contributed by atoms with van der Waals surface area (Å²) in [5, 5.41) is 12.2. The van der Waals surface area contributed by atoms with E-state index in [0.29, 0.717) is 5.69 Å². The number of rotatable bonds is 2. The molecule has 4 nitrogen and oxygen atoms in total. The van der Waals surface area contributed by atoms with Crippen molar-refractivity contribution in [2.75, 3.05) is 0 Å². The zero-order valence-electron chi connectivity index (χ0n) is 6.24. The monoisotopic (exact) mass is 185 g/mol. The van der Waals surface area contributed by atoms with E-state index in [-0.39, 0.29) is 6.42 Å². The van der Waals surface area contributed by atoms with Crippen molar-refractivity contribution in [2.45, 2.75) is 17.9 Å². The van der Waals surface area contributed by atoms with Crippen LogP contribution >= 0.6 is 11.8 Å². The number of nitrogens with zero attached hydrogens (tertiary/aromatic N) is 1. The molecule has 0 spiro atoms. The van der Waals surface area contributed by atoms with Gasteiger partial charge in [-0.3, -0.25) is 4.79 Å². The minimum absolute atomic E-state index is 0.0284. The maximum Gasteiger partial charge on any atom is 0.309 e. The Morgan fingerprint density at radius 1 is 1.67 bits per heavy atom. The number of hydrogen-bond acceptors (Lipinski definition) is 4. The van der Waals surface area contributed by atoms with Crippen LogP contribution in [0.25, 0.3) is 0 Å². The Morgan fingerprint density at radius 2 is 2.50 bits per heavy atom.